The van der Waals surface area contributed by atoms with Crippen molar-refractivity contribution in [1.29, 1.82) is 0 Å². The van der Waals surface area contributed by atoms with Crippen molar-refractivity contribution in [3.8, 4) is 5.75 Å². The molecule has 8 heteroatoms. The molecule has 0 aliphatic rings. The third-order valence-electron chi connectivity index (χ3n) is 6.46. The zero-order valence-electron chi connectivity index (χ0n) is 23.4. The van der Waals surface area contributed by atoms with Gasteiger partial charge in [-0.3, -0.25) is 9.59 Å². The number of aliphatic hydroxyl groups is 1. The second-order valence-electron chi connectivity index (χ2n) is 9.79. The molecule has 0 saturated heterocycles. The Bertz CT molecular complexity index is 1190. The minimum Gasteiger partial charge on any atom is -0.497 e. The molecular weight excluding hydrogens is 510 g/mol. The Morgan fingerprint density at radius 3 is 2.44 bits per heavy atom. The van der Waals surface area contributed by atoms with Crippen LogP contribution in [0.2, 0.25) is 0 Å². The van der Waals surface area contributed by atoms with Crippen LogP contribution in [0.3, 0.4) is 0 Å². The van der Waals surface area contributed by atoms with Gasteiger partial charge in [0.25, 0.3) is 11.8 Å². The van der Waals surface area contributed by atoms with Crippen LogP contribution in [0.25, 0.3) is 0 Å². The van der Waals surface area contributed by atoms with Crippen molar-refractivity contribution in [3.63, 3.8) is 0 Å². The molecule has 0 fully saturated rings. The molecule has 39 heavy (non-hydrogen) atoms. The minimum absolute atomic E-state index is 0.0617. The second-order valence-corrected chi connectivity index (χ2v) is 10.8. The Morgan fingerprint density at radius 2 is 1.77 bits per heavy atom. The van der Waals surface area contributed by atoms with Crippen LogP contribution in [-0.2, 0) is 13.0 Å². The summed E-state index contributed by atoms with van der Waals surface area (Å²) in [5, 5.41) is 19.4. The maximum Gasteiger partial charge on any atom is 0.253 e. The lowest BCUT2D eigenvalue weighted by molar-refractivity contribution is 0.0755. The molecule has 0 saturated carbocycles. The largest absolute Gasteiger partial charge is 0.497 e. The van der Waals surface area contributed by atoms with Crippen molar-refractivity contribution in [2.45, 2.75) is 58.7 Å². The number of nitrogens with one attached hydrogen (secondary N) is 2. The molecule has 2 amide bonds. The number of rotatable bonds is 15. The van der Waals surface area contributed by atoms with Crippen molar-refractivity contribution < 1.29 is 19.4 Å². The molecule has 7 nitrogen and oxygen atoms in total. The standard InChI is InChI=1S/C31H41N3O4S/c1-5-12-34(13-6-2)31(37)25-16-22(3)15-24(18-25)30(36)33-28(19-27-11-8-14-39-27)29(35)21-32-20-23-9-7-10-26(17-23)38-4/h7-11,14-18,28-29,32,35H,5-6,12-13,19-21H2,1-4H3,(H,33,36)/t28-,29+/m0/s1. The summed E-state index contributed by atoms with van der Waals surface area (Å²) < 4.78 is 5.29. The molecule has 2 atom stereocenters. The monoisotopic (exact) mass is 551 g/mol. The van der Waals surface area contributed by atoms with E-state index in [-0.39, 0.29) is 11.8 Å². The summed E-state index contributed by atoms with van der Waals surface area (Å²) in [6, 6.07) is 16.5. The highest BCUT2D eigenvalue weighted by Gasteiger charge is 2.24. The zero-order chi connectivity index (χ0) is 28.2. The van der Waals surface area contributed by atoms with Gasteiger partial charge in [-0.1, -0.05) is 32.0 Å². The first-order chi connectivity index (χ1) is 18.8. The molecule has 2 aromatic carbocycles. The first-order valence-corrected chi connectivity index (χ1v) is 14.5. The summed E-state index contributed by atoms with van der Waals surface area (Å²) in [4.78, 5) is 29.5. The first kappa shape index (κ1) is 30.3. The summed E-state index contributed by atoms with van der Waals surface area (Å²) >= 11 is 1.59. The van der Waals surface area contributed by atoms with Gasteiger partial charge in [0.05, 0.1) is 19.3 Å². The number of aryl methyl sites for hydroxylation is 1. The van der Waals surface area contributed by atoms with E-state index in [1.165, 1.54) is 0 Å². The van der Waals surface area contributed by atoms with Crippen LogP contribution in [0.5, 0.6) is 5.75 Å². The van der Waals surface area contributed by atoms with Crippen molar-refractivity contribution in [1.82, 2.24) is 15.5 Å². The summed E-state index contributed by atoms with van der Waals surface area (Å²) in [5.41, 5.74) is 2.81. The minimum atomic E-state index is -0.822. The fourth-order valence-electron chi connectivity index (χ4n) is 4.54. The van der Waals surface area contributed by atoms with Gasteiger partial charge in [0, 0.05) is 48.6 Å². The van der Waals surface area contributed by atoms with Gasteiger partial charge in [0.15, 0.2) is 0 Å². The molecule has 210 valence electrons. The number of carbonyl (C=O) groups is 2. The number of benzene rings is 2. The maximum absolute atomic E-state index is 13.4. The van der Waals surface area contributed by atoms with E-state index >= 15 is 0 Å². The number of thiophene rings is 1. The Balaban J connectivity index is 1.72. The van der Waals surface area contributed by atoms with Crippen LogP contribution in [0.1, 0.15) is 63.4 Å². The van der Waals surface area contributed by atoms with E-state index in [9.17, 15) is 14.7 Å². The van der Waals surface area contributed by atoms with Gasteiger partial charge in [-0.05, 0) is 72.7 Å². The average molecular weight is 552 g/mol. The molecule has 3 aromatic rings. The highest BCUT2D eigenvalue weighted by Crippen LogP contribution is 2.17. The number of amides is 2. The fraction of sp³-hybridized carbons (Fsp3) is 0.419. The molecular formula is C31H41N3O4S. The van der Waals surface area contributed by atoms with Gasteiger partial charge in [-0.25, -0.2) is 0 Å². The van der Waals surface area contributed by atoms with Crippen LogP contribution in [0, 0.1) is 6.92 Å². The number of hydrogen-bond donors (Lipinski definition) is 3. The van der Waals surface area contributed by atoms with Gasteiger partial charge in [-0.15, -0.1) is 11.3 Å². The number of aliphatic hydroxyl groups excluding tert-OH is 1. The van der Waals surface area contributed by atoms with E-state index in [1.807, 2.05) is 59.7 Å². The van der Waals surface area contributed by atoms with E-state index in [2.05, 4.69) is 24.5 Å². The van der Waals surface area contributed by atoms with E-state index in [0.29, 0.717) is 43.7 Å². The lowest BCUT2D eigenvalue weighted by Gasteiger charge is -2.25. The number of hydrogen-bond acceptors (Lipinski definition) is 6. The van der Waals surface area contributed by atoms with Gasteiger partial charge in [0.2, 0.25) is 0 Å². The van der Waals surface area contributed by atoms with Crippen molar-refractivity contribution in [3.05, 3.63) is 87.1 Å². The van der Waals surface area contributed by atoms with Crippen LogP contribution >= 0.6 is 11.3 Å². The van der Waals surface area contributed by atoms with Gasteiger partial charge in [0.1, 0.15) is 5.75 Å². The van der Waals surface area contributed by atoms with E-state index in [1.54, 1.807) is 30.6 Å². The number of nitrogens with zero attached hydrogens (tertiary/aromatic N) is 1. The Labute approximate surface area is 236 Å². The summed E-state index contributed by atoms with van der Waals surface area (Å²) in [6.07, 6.45) is 1.43. The average Bonchev–Trinajstić information content (AvgIpc) is 3.45. The highest BCUT2D eigenvalue weighted by molar-refractivity contribution is 7.09. The first-order valence-electron chi connectivity index (χ1n) is 13.6. The normalized spacial score (nSPS) is 12.5. The van der Waals surface area contributed by atoms with Crippen LogP contribution in [0.4, 0.5) is 0 Å². The Hall–Kier alpha value is -3.20. The van der Waals surface area contributed by atoms with E-state index in [4.69, 9.17) is 4.74 Å². The fourth-order valence-corrected chi connectivity index (χ4v) is 5.31. The summed E-state index contributed by atoms with van der Waals surface area (Å²) in [6.45, 7) is 8.21. The SMILES string of the molecule is CCCN(CCC)C(=O)c1cc(C)cc(C(=O)N[C@@H](Cc2cccs2)[C@H](O)CNCc2cccc(OC)c2)c1. The Kier molecular flexibility index (Phi) is 12.0. The highest BCUT2D eigenvalue weighted by atomic mass is 32.1. The quantitative estimate of drug-likeness (QED) is 0.252. The molecule has 0 aliphatic heterocycles. The maximum atomic E-state index is 13.4. The van der Waals surface area contributed by atoms with Crippen molar-refractivity contribution in [2.75, 3.05) is 26.7 Å². The Morgan fingerprint density at radius 1 is 1.03 bits per heavy atom. The van der Waals surface area contributed by atoms with Crippen molar-refractivity contribution >= 4 is 23.2 Å². The van der Waals surface area contributed by atoms with Crippen LogP contribution < -0.4 is 15.4 Å². The zero-order valence-corrected chi connectivity index (χ0v) is 24.2. The van der Waals surface area contributed by atoms with E-state index < -0.39 is 12.1 Å². The molecule has 0 radical (unpaired) electrons. The summed E-state index contributed by atoms with van der Waals surface area (Å²) in [7, 11) is 1.63. The number of ether oxygens (including phenoxy) is 1. The molecule has 3 N–H and O–H groups in total. The lowest BCUT2D eigenvalue weighted by Crippen LogP contribution is -2.48. The molecule has 0 spiro atoms. The number of methoxy groups -OCH3 is 1. The molecule has 1 aromatic heterocycles. The molecule has 0 bridgehead atoms. The molecule has 1 heterocycles. The summed E-state index contributed by atoms with van der Waals surface area (Å²) in [5.74, 6) is 0.410. The third kappa shape index (κ3) is 9.20. The van der Waals surface area contributed by atoms with Gasteiger partial charge < -0.3 is 25.4 Å². The van der Waals surface area contributed by atoms with E-state index in [0.717, 1.165) is 34.6 Å². The predicted octanol–water partition coefficient (Wildman–Crippen LogP) is 4.82. The van der Waals surface area contributed by atoms with Crippen LogP contribution in [0.15, 0.2) is 60.0 Å². The molecule has 0 unspecified atom stereocenters. The number of carbonyl (C=O) groups excluding carboxylic acids is 2. The smallest absolute Gasteiger partial charge is 0.253 e. The lowest BCUT2D eigenvalue weighted by atomic mass is 10.0. The second kappa shape index (κ2) is 15.4. The molecule has 3 rings (SSSR count). The third-order valence-corrected chi connectivity index (χ3v) is 7.36. The predicted molar refractivity (Wildman–Crippen MR) is 158 cm³/mol. The van der Waals surface area contributed by atoms with Crippen LogP contribution in [-0.4, -0.2) is 60.7 Å². The topological polar surface area (TPSA) is 90.9 Å². The molecule has 0 aliphatic carbocycles. The van der Waals surface area contributed by atoms with Gasteiger partial charge in [-0.2, -0.15) is 0 Å². The van der Waals surface area contributed by atoms with Gasteiger partial charge >= 0.3 is 0 Å². The van der Waals surface area contributed by atoms with Crippen molar-refractivity contribution in [2.24, 2.45) is 0 Å².